The highest BCUT2D eigenvalue weighted by molar-refractivity contribution is 6.08. The summed E-state index contributed by atoms with van der Waals surface area (Å²) in [7, 11) is 3.05. The molecule has 1 saturated heterocycles. The van der Waals surface area contributed by atoms with Crippen molar-refractivity contribution in [3.05, 3.63) is 88.1 Å². The molecule has 13 heteroatoms. The Hall–Kier alpha value is -5.40. The molecule has 2 heterocycles. The van der Waals surface area contributed by atoms with Crippen molar-refractivity contribution in [3.63, 3.8) is 0 Å². The second-order valence-electron chi connectivity index (χ2n) is 11.3. The van der Waals surface area contributed by atoms with Crippen molar-refractivity contribution in [1.29, 1.82) is 0 Å². The maximum absolute atomic E-state index is 14.7. The average Bonchev–Trinajstić information content (AvgIpc) is 3.08. The number of carboxylic acid groups (broad SMARTS) is 1. The van der Waals surface area contributed by atoms with Crippen LogP contribution in [-0.4, -0.2) is 83.0 Å². The van der Waals surface area contributed by atoms with Gasteiger partial charge in [-0.15, -0.1) is 0 Å². The van der Waals surface area contributed by atoms with E-state index in [-0.39, 0.29) is 44.7 Å². The maximum atomic E-state index is 14.7. The second-order valence-corrected chi connectivity index (χ2v) is 11.3. The van der Waals surface area contributed by atoms with E-state index in [2.05, 4.69) is 4.90 Å². The van der Waals surface area contributed by atoms with Crippen LogP contribution < -0.4 is 24.7 Å². The highest BCUT2D eigenvalue weighted by Gasteiger charge is 2.27. The number of nitrogens with zero attached hydrogens (tertiary/aromatic N) is 2. The summed E-state index contributed by atoms with van der Waals surface area (Å²) in [4.78, 5) is 29.1. The first-order chi connectivity index (χ1) is 23.7. The lowest BCUT2D eigenvalue weighted by atomic mass is 9.90. The Bertz CT molecular complexity index is 2020. The number of benzene rings is 4. The van der Waals surface area contributed by atoms with Gasteiger partial charge in [0.05, 0.1) is 57.6 Å². The Morgan fingerprint density at radius 2 is 1.41 bits per heavy atom. The molecule has 3 aromatic carbocycles. The van der Waals surface area contributed by atoms with Crippen LogP contribution in [-0.2, 0) is 9.47 Å². The van der Waals surface area contributed by atoms with Crippen molar-refractivity contribution in [2.45, 2.75) is 0 Å². The van der Waals surface area contributed by atoms with Gasteiger partial charge in [-0.3, -0.25) is 4.79 Å². The fraction of sp³-hybridized carbons (Fsp3) is 0.278. The summed E-state index contributed by atoms with van der Waals surface area (Å²) in [5, 5.41) is 20.6. The van der Waals surface area contributed by atoms with Crippen LogP contribution in [0.25, 0.3) is 33.4 Å². The van der Waals surface area contributed by atoms with E-state index in [4.69, 9.17) is 23.4 Å². The van der Waals surface area contributed by atoms with E-state index in [9.17, 15) is 28.6 Å². The molecule has 2 N–H and O–H groups in total. The molecule has 49 heavy (non-hydrogen) atoms. The molecule has 0 unspecified atom stereocenters. The van der Waals surface area contributed by atoms with Gasteiger partial charge in [-0.1, -0.05) is 12.1 Å². The highest BCUT2D eigenvalue weighted by atomic mass is 19.1. The van der Waals surface area contributed by atoms with Gasteiger partial charge in [-0.05, 0) is 36.4 Å². The van der Waals surface area contributed by atoms with Crippen molar-refractivity contribution in [3.8, 4) is 39.7 Å². The molecule has 0 atom stereocenters. The number of phenolic OH excluding ortho intramolecular Hbond substituents is 1. The van der Waals surface area contributed by atoms with Crippen LogP contribution in [0.15, 0.2) is 69.9 Å². The molecule has 0 saturated carbocycles. The predicted molar refractivity (Wildman–Crippen MR) is 179 cm³/mol. The van der Waals surface area contributed by atoms with E-state index in [1.165, 1.54) is 19.2 Å². The topological polar surface area (TPSA) is 131 Å². The van der Waals surface area contributed by atoms with Gasteiger partial charge in [0.25, 0.3) is 0 Å². The van der Waals surface area contributed by atoms with Crippen molar-refractivity contribution < 1.29 is 47.2 Å². The Balaban J connectivity index is 1.38. The van der Waals surface area contributed by atoms with Gasteiger partial charge in [-0.25, -0.2) is 13.6 Å². The number of rotatable bonds is 6. The Morgan fingerprint density at radius 1 is 0.776 bits per heavy atom. The van der Waals surface area contributed by atoms with Crippen LogP contribution in [0.4, 0.5) is 20.2 Å². The summed E-state index contributed by atoms with van der Waals surface area (Å²) in [6, 6.07) is 14.5. The summed E-state index contributed by atoms with van der Waals surface area (Å²) < 4.78 is 58.5. The minimum Gasteiger partial charge on any atom is -0.505 e. The third-order valence-electron chi connectivity index (χ3n) is 8.45. The zero-order valence-corrected chi connectivity index (χ0v) is 26.8. The second kappa shape index (κ2) is 14.4. The van der Waals surface area contributed by atoms with E-state index < -0.39 is 28.8 Å². The average molecular weight is 677 g/mol. The van der Waals surface area contributed by atoms with Gasteiger partial charge in [0, 0.05) is 60.4 Å². The number of methoxy groups -OCH3 is 2. The molecule has 0 radical (unpaired) electrons. The predicted octanol–water partition coefficient (Wildman–Crippen LogP) is 5.62. The molecule has 6 rings (SSSR count). The molecule has 3 aliphatic rings. The standard InChI is InChI=1S/C36H34F2N2O9/c1-45-31-6-4-3-5-27(31)39-7-11-47-13-9-40(10-14-48-12-8-39)28-17-22(36(43)44)21(18-34(28)46-2)35-23-15-25(37)29(41)19-32(23)49-33-20-30(42)26(38)16-24(33)35/h3-6,15-20,41H,7-14H2,1-2H3,(H,43,44). The van der Waals surface area contributed by atoms with Gasteiger partial charge >= 0.3 is 5.97 Å². The van der Waals surface area contributed by atoms with Crippen LogP contribution in [0, 0.1) is 11.6 Å². The number of carboxylic acids is 1. The van der Waals surface area contributed by atoms with Crippen molar-refractivity contribution in [2.75, 3.05) is 76.6 Å². The zero-order chi connectivity index (χ0) is 34.7. The van der Waals surface area contributed by atoms with E-state index in [0.717, 1.165) is 35.7 Å². The minimum atomic E-state index is -1.32. The number of aromatic hydroxyl groups is 1. The molecule has 1 fully saturated rings. The number of ether oxygens (including phenoxy) is 4. The molecule has 256 valence electrons. The number of anilines is 2. The molecular weight excluding hydrogens is 642 g/mol. The summed E-state index contributed by atoms with van der Waals surface area (Å²) >= 11 is 0. The van der Waals surface area contributed by atoms with E-state index >= 15 is 0 Å². The fourth-order valence-corrected chi connectivity index (χ4v) is 6.05. The van der Waals surface area contributed by atoms with Gasteiger partial charge in [0.15, 0.2) is 17.4 Å². The summed E-state index contributed by atoms with van der Waals surface area (Å²) in [6.07, 6.45) is 0. The minimum absolute atomic E-state index is 0.0299. The number of carbonyl (C=O) groups is 1. The molecule has 0 bridgehead atoms. The summed E-state index contributed by atoms with van der Waals surface area (Å²) in [6.45, 7) is 3.34. The molecule has 3 aromatic rings. The zero-order valence-electron chi connectivity index (χ0n) is 26.8. The quantitative estimate of drug-likeness (QED) is 0.217. The van der Waals surface area contributed by atoms with Crippen LogP contribution in [0.3, 0.4) is 0 Å². The SMILES string of the molecule is COc1ccccc1N1CCOCCN(c2cc(C(=O)O)c(-c3c4cc(F)c(=O)cc-4oc4cc(O)c(F)cc34)cc2OC)CCOCC1. The first kappa shape index (κ1) is 33.5. The monoisotopic (exact) mass is 676 g/mol. The van der Waals surface area contributed by atoms with Crippen molar-refractivity contribution >= 4 is 28.3 Å². The van der Waals surface area contributed by atoms with Crippen molar-refractivity contribution in [2.24, 2.45) is 0 Å². The van der Waals surface area contributed by atoms with Crippen LogP contribution in [0.5, 0.6) is 17.2 Å². The Labute approximate surface area is 279 Å². The van der Waals surface area contributed by atoms with Gasteiger partial charge < -0.3 is 43.4 Å². The lowest BCUT2D eigenvalue weighted by Crippen LogP contribution is -2.36. The van der Waals surface area contributed by atoms with Gasteiger partial charge in [0.2, 0.25) is 5.43 Å². The highest BCUT2D eigenvalue weighted by Crippen LogP contribution is 2.45. The van der Waals surface area contributed by atoms with Crippen LogP contribution in [0.1, 0.15) is 10.4 Å². The van der Waals surface area contributed by atoms with Crippen molar-refractivity contribution in [1.82, 2.24) is 0 Å². The Kier molecular flexibility index (Phi) is 9.83. The van der Waals surface area contributed by atoms with E-state index in [0.29, 0.717) is 58.3 Å². The van der Waals surface area contributed by atoms with E-state index in [1.54, 1.807) is 7.11 Å². The molecular formula is C36H34F2N2O9. The lowest BCUT2D eigenvalue weighted by molar-refractivity contribution is 0.0697. The Morgan fingerprint density at radius 3 is 2.04 bits per heavy atom. The number of hydrogen-bond acceptors (Lipinski definition) is 10. The third kappa shape index (κ3) is 6.80. The molecule has 0 aromatic heterocycles. The molecule has 11 nitrogen and oxygen atoms in total. The van der Waals surface area contributed by atoms with Gasteiger partial charge in [0.1, 0.15) is 22.8 Å². The summed E-state index contributed by atoms with van der Waals surface area (Å²) in [5.41, 5.74) is 0.337. The van der Waals surface area contributed by atoms with Crippen LogP contribution >= 0.6 is 0 Å². The summed E-state index contributed by atoms with van der Waals surface area (Å²) in [5.74, 6) is -3.20. The number of fused-ring (bicyclic) bond motifs is 2. The molecule has 0 amide bonds. The molecule has 0 spiro atoms. The number of hydrogen-bond donors (Lipinski definition) is 2. The first-order valence-corrected chi connectivity index (χ1v) is 15.5. The lowest BCUT2D eigenvalue weighted by Gasteiger charge is -2.30. The van der Waals surface area contributed by atoms with E-state index in [1.807, 2.05) is 29.2 Å². The number of aromatic carboxylic acids is 1. The first-order valence-electron chi connectivity index (χ1n) is 15.5. The molecule has 1 aliphatic carbocycles. The smallest absolute Gasteiger partial charge is 0.336 e. The maximum Gasteiger partial charge on any atom is 0.336 e. The number of phenols is 1. The van der Waals surface area contributed by atoms with Gasteiger partial charge in [-0.2, -0.15) is 0 Å². The molecule has 2 aliphatic heterocycles. The largest absolute Gasteiger partial charge is 0.505 e. The van der Waals surface area contributed by atoms with Crippen LogP contribution in [0.2, 0.25) is 0 Å². The number of para-hydroxylation sites is 2. The number of halogens is 2. The normalized spacial score (nSPS) is 14.8. The fourth-order valence-electron chi connectivity index (χ4n) is 6.05. The third-order valence-corrected chi connectivity index (χ3v) is 8.45.